The quantitative estimate of drug-likeness (QED) is 0.862. The Balaban J connectivity index is 2.01. The van der Waals surface area contributed by atoms with Crippen LogP contribution in [0.25, 0.3) is 0 Å². The summed E-state index contributed by atoms with van der Waals surface area (Å²) in [5.41, 5.74) is 0.651. The van der Waals surface area contributed by atoms with Crippen LogP contribution in [0, 0.1) is 16.7 Å². The van der Waals surface area contributed by atoms with E-state index >= 15 is 0 Å². The van der Waals surface area contributed by atoms with Gasteiger partial charge in [0.15, 0.2) is 15.2 Å². The zero-order valence-corrected chi connectivity index (χ0v) is 13.4. The lowest BCUT2D eigenvalue weighted by molar-refractivity contribution is 0.0606. The standard InChI is InChI=1S/C13H19ClN2O2S/c1-12(2)7(13(12,3)4)6-15-11-16-9(14)8(19-11)10(17)18-5/h7H,6H2,1-5H3,(H,15,16). The Bertz CT molecular complexity index is 497. The fourth-order valence-corrected chi connectivity index (χ4v) is 3.74. The van der Waals surface area contributed by atoms with Gasteiger partial charge >= 0.3 is 5.97 Å². The Hall–Kier alpha value is -0.810. The average Bonchev–Trinajstić information content (AvgIpc) is 2.63. The molecule has 1 fully saturated rings. The molecule has 1 aliphatic rings. The maximum absolute atomic E-state index is 11.4. The van der Waals surface area contributed by atoms with Gasteiger partial charge in [-0.05, 0) is 16.7 Å². The predicted octanol–water partition coefficient (Wildman–Crippen LogP) is 3.68. The number of methoxy groups -OCH3 is 1. The molecule has 0 unspecified atom stereocenters. The second-order valence-corrected chi connectivity index (χ2v) is 7.36. The van der Waals surface area contributed by atoms with Crippen LogP contribution in [-0.4, -0.2) is 24.6 Å². The number of hydrogen-bond donors (Lipinski definition) is 1. The fourth-order valence-electron chi connectivity index (χ4n) is 2.63. The summed E-state index contributed by atoms with van der Waals surface area (Å²) in [6, 6.07) is 0. The summed E-state index contributed by atoms with van der Waals surface area (Å²) in [6.07, 6.45) is 0. The van der Waals surface area contributed by atoms with Gasteiger partial charge in [0, 0.05) is 6.54 Å². The highest BCUT2D eigenvalue weighted by molar-refractivity contribution is 7.18. The van der Waals surface area contributed by atoms with Crippen molar-refractivity contribution < 1.29 is 9.53 Å². The van der Waals surface area contributed by atoms with Gasteiger partial charge in [0.05, 0.1) is 7.11 Å². The van der Waals surface area contributed by atoms with Crippen LogP contribution >= 0.6 is 22.9 Å². The highest BCUT2D eigenvalue weighted by atomic mass is 35.5. The number of hydrogen-bond acceptors (Lipinski definition) is 5. The molecular weight excluding hydrogens is 284 g/mol. The molecule has 4 nitrogen and oxygen atoms in total. The van der Waals surface area contributed by atoms with Crippen LogP contribution in [0.1, 0.15) is 37.4 Å². The third-order valence-electron chi connectivity index (χ3n) is 4.73. The van der Waals surface area contributed by atoms with E-state index in [1.807, 2.05) is 0 Å². The van der Waals surface area contributed by atoms with E-state index < -0.39 is 5.97 Å². The van der Waals surface area contributed by atoms with E-state index in [2.05, 4.69) is 42.7 Å². The highest BCUT2D eigenvalue weighted by Crippen LogP contribution is 2.68. The van der Waals surface area contributed by atoms with E-state index in [0.717, 1.165) is 6.54 Å². The summed E-state index contributed by atoms with van der Waals surface area (Å²) >= 11 is 7.15. The number of anilines is 1. The largest absolute Gasteiger partial charge is 0.465 e. The van der Waals surface area contributed by atoms with Crippen molar-refractivity contribution in [3.05, 3.63) is 10.0 Å². The minimum absolute atomic E-state index is 0.202. The molecule has 0 bridgehead atoms. The van der Waals surface area contributed by atoms with Crippen molar-refractivity contribution >= 4 is 34.0 Å². The molecule has 0 saturated heterocycles. The molecule has 0 amide bonds. The number of carbonyl (C=O) groups excluding carboxylic acids is 1. The Morgan fingerprint density at radius 3 is 2.47 bits per heavy atom. The number of ether oxygens (including phenoxy) is 1. The van der Waals surface area contributed by atoms with E-state index in [1.165, 1.54) is 18.4 Å². The fraction of sp³-hybridized carbons (Fsp3) is 0.692. The number of aromatic nitrogens is 1. The minimum Gasteiger partial charge on any atom is -0.465 e. The van der Waals surface area contributed by atoms with Crippen molar-refractivity contribution in [2.75, 3.05) is 19.0 Å². The summed E-state index contributed by atoms with van der Waals surface area (Å²) in [5, 5.41) is 4.15. The lowest BCUT2D eigenvalue weighted by Gasteiger charge is -2.04. The smallest absolute Gasteiger partial charge is 0.351 e. The van der Waals surface area contributed by atoms with Crippen molar-refractivity contribution in [2.45, 2.75) is 27.7 Å². The number of rotatable bonds is 4. The molecule has 1 aromatic heterocycles. The van der Waals surface area contributed by atoms with Crippen molar-refractivity contribution in [1.82, 2.24) is 4.98 Å². The molecule has 0 atom stereocenters. The van der Waals surface area contributed by atoms with Crippen LogP contribution in [0.5, 0.6) is 0 Å². The minimum atomic E-state index is -0.442. The Morgan fingerprint density at radius 2 is 2.00 bits per heavy atom. The number of carbonyl (C=O) groups is 1. The van der Waals surface area contributed by atoms with Crippen molar-refractivity contribution in [2.24, 2.45) is 16.7 Å². The number of halogens is 1. The normalized spacial score (nSPS) is 20.1. The van der Waals surface area contributed by atoms with E-state index in [0.29, 0.717) is 26.8 Å². The van der Waals surface area contributed by atoms with Crippen molar-refractivity contribution in [3.8, 4) is 0 Å². The van der Waals surface area contributed by atoms with Crippen LogP contribution in [0.4, 0.5) is 5.13 Å². The Kier molecular flexibility index (Phi) is 3.56. The molecule has 1 aromatic rings. The lowest BCUT2D eigenvalue weighted by atomic mass is 10.0. The summed E-state index contributed by atoms with van der Waals surface area (Å²) in [5.74, 6) is 0.145. The van der Waals surface area contributed by atoms with E-state index in [-0.39, 0.29) is 5.15 Å². The summed E-state index contributed by atoms with van der Waals surface area (Å²) in [7, 11) is 1.33. The number of thiazole rings is 1. The zero-order chi connectivity index (χ0) is 14.4. The van der Waals surface area contributed by atoms with Gasteiger partial charge in [0.25, 0.3) is 0 Å². The summed E-state index contributed by atoms with van der Waals surface area (Å²) in [4.78, 5) is 15.9. The van der Waals surface area contributed by atoms with Crippen LogP contribution in [-0.2, 0) is 4.74 Å². The van der Waals surface area contributed by atoms with Gasteiger partial charge in [0.2, 0.25) is 0 Å². The molecule has 2 rings (SSSR count). The van der Waals surface area contributed by atoms with Gasteiger partial charge in [0.1, 0.15) is 0 Å². The van der Waals surface area contributed by atoms with Gasteiger partial charge in [-0.15, -0.1) is 0 Å². The molecule has 19 heavy (non-hydrogen) atoms. The Morgan fingerprint density at radius 1 is 1.42 bits per heavy atom. The molecule has 106 valence electrons. The van der Waals surface area contributed by atoms with Crippen molar-refractivity contribution in [1.29, 1.82) is 0 Å². The SMILES string of the molecule is COC(=O)c1sc(NCC2C(C)(C)C2(C)C)nc1Cl. The monoisotopic (exact) mass is 302 g/mol. The maximum Gasteiger partial charge on any atom is 0.351 e. The van der Waals surface area contributed by atoms with Crippen LogP contribution in [0.2, 0.25) is 5.15 Å². The van der Waals surface area contributed by atoms with Gasteiger partial charge in [-0.25, -0.2) is 9.78 Å². The topological polar surface area (TPSA) is 51.2 Å². The molecule has 1 saturated carbocycles. The maximum atomic E-state index is 11.4. The average molecular weight is 303 g/mol. The van der Waals surface area contributed by atoms with Gasteiger partial charge < -0.3 is 10.1 Å². The predicted molar refractivity (Wildman–Crippen MR) is 78.0 cm³/mol. The summed E-state index contributed by atoms with van der Waals surface area (Å²) in [6.45, 7) is 9.93. The van der Waals surface area contributed by atoms with Gasteiger partial charge in [-0.1, -0.05) is 50.6 Å². The number of nitrogens with one attached hydrogen (secondary N) is 1. The molecule has 6 heteroatoms. The molecule has 0 aromatic carbocycles. The first kappa shape index (κ1) is 14.6. The first-order chi connectivity index (χ1) is 8.71. The summed E-state index contributed by atoms with van der Waals surface area (Å²) < 4.78 is 4.65. The molecule has 1 aliphatic carbocycles. The van der Waals surface area contributed by atoms with Crippen LogP contribution in [0.15, 0.2) is 0 Å². The first-order valence-corrected chi connectivity index (χ1v) is 7.39. The van der Waals surface area contributed by atoms with E-state index in [9.17, 15) is 4.79 Å². The molecule has 0 aliphatic heterocycles. The van der Waals surface area contributed by atoms with Crippen LogP contribution < -0.4 is 5.32 Å². The van der Waals surface area contributed by atoms with E-state index in [4.69, 9.17) is 11.6 Å². The Labute approximate surface area is 122 Å². The number of nitrogens with zero attached hydrogens (tertiary/aromatic N) is 1. The van der Waals surface area contributed by atoms with E-state index in [1.54, 1.807) is 0 Å². The second-order valence-electron chi connectivity index (χ2n) is 6.01. The second kappa shape index (κ2) is 4.63. The first-order valence-electron chi connectivity index (χ1n) is 6.20. The molecule has 1 N–H and O–H groups in total. The lowest BCUT2D eigenvalue weighted by Crippen LogP contribution is -2.07. The zero-order valence-electron chi connectivity index (χ0n) is 11.8. The highest BCUT2D eigenvalue weighted by Gasteiger charge is 2.64. The molecule has 0 spiro atoms. The third kappa shape index (κ3) is 2.34. The molecule has 0 radical (unpaired) electrons. The van der Waals surface area contributed by atoms with Gasteiger partial charge in [-0.3, -0.25) is 0 Å². The van der Waals surface area contributed by atoms with Crippen LogP contribution in [0.3, 0.4) is 0 Å². The molecular formula is C13H19ClN2O2S. The number of esters is 1. The third-order valence-corrected chi connectivity index (χ3v) is 6.11. The van der Waals surface area contributed by atoms with Gasteiger partial charge in [-0.2, -0.15) is 0 Å². The van der Waals surface area contributed by atoms with Crippen molar-refractivity contribution in [3.63, 3.8) is 0 Å². The molecule has 1 heterocycles.